The van der Waals surface area contributed by atoms with Gasteiger partial charge in [-0.3, -0.25) is 0 Å². The Labute approximate surface area is 81.6 Å². The number of hydrogen-bond donors (Lipinski definition) is 0. The van der Waals surface area contributed by atoms with Crippen molar-refractivity contribution in [1.82, 2.24) is 0 Å². The Morgan fingerprint density at radius 1 is 1.89 bits per heavy atom. The third-order valence-corrected chi connectivity index (χ3v) is 2.66. The van der Waals surface area contributed by atoms with Crippen molar-refractivity contribution in [3.63, 3.8) is 0 Å². The van der Waals surface area contributed by atoms with E-state index in [2.05, 4.69) is 14.4 Å². The van der Waals surface area contributed by atoms with Gasteiger partial charge in [0.25, 0.3) is 0 Å². The Kier molecular flexibility index (Phi) is 4.87. The van der Waals surface area contributed by atoms with Gasteiger partial charge in [-0.1, -0.05) is 6.08 Å². The summed E-state index contributed by atoms with van der Waals surface area (Å²) in [6, 6.07) is 0. The predicted molar refractivity (Wildman–Crippen MR) is 33.2 cm³/mol. The molecule has 48 valence electrons. The topological polar surface area (TPSA) is 44.8 Å². The van der Waals surface area contributed by atoms with Crippen molar-refractivity contribution in [3.05, 3.63) is 12.7 Å². The molecule has 0 spiro atoms. The first-order chi connectivity index (χ1) is 3.77. The Hall–Kier alpha value is 1.32. The molecule has 1 aliphatic rings. The Morgan fingerprint density at radius 2 is 2.44 bits per heavy atom. The van der Waals surface area contributed by atoms with Crippen LogP contribution in [0.15, 0.2) is 12.7 Å². The third-order valence-electron chi connectivity index (χ3n) is 0.509. The van der Waals surface area contributed by atoms with Gasteiger partial charge in [-0.2, -0.15) is 0 Å². The molecule has 1 heterocycles. The first-order valence-electron chi connectivity index (χ1n) is 1.94. The molecule has 0 N–H and O–H groups in total. The summed E-state index contributed by atoms with van der Waals surface area (Å²) in [7, 11) is -2.34. The second-order valence-corrected chi connectivity index (χ2v) is 4.48. The van der Waals surface area contributed by atoms with Crippen molar-refractivity contribution in [1.29, 1.82) is 0 Å². The molecule has 1 fully saturated rings. The van der Waals surface area contributed by atoms with E-state index in [1.807, 2.05) is 0 Å². The molecule has 0 saturated carbocycles. The van der Waals surface area contributed by atoms with Crippen molar-refractivity contribution in [3.8, 4) is 0 Å². The zero-order chi connectivity index (χ0) is 6.04. The van der Waals surface area contributed by atoms with E-state index in [9.17, 15) is 4.55 Å². The zero-order valence-corrected chi connectivity index (χ0v) is 8.67. The summed E-state index contributed by atoms with van der Waals surface area (Å²) in [5.74, 6) is 0. The maximum atomic E-state index is 10.5. The fourth-order valence-corrected chi connectivity index (χ4v) is 1.53. The van der Waals surface area contributed by atoms with Gasteiger partial charge < -0.3 is 8.74 Å². The molecule has 0 aromatic rings. The second-order valence-electron chi connectivity index (χ2n) is 1.12. The van der Waals surface area contributed by atoms with E-state index >= 15 is 0 Å². The molecule has 1 aliphatic heterocycles. The van der Waals surface area contributed by atoms with Crippen LogP contribution in [0.1, 0.15) is 0 Å². The van der Waals surface area contributed by atoms with Crippen LogP contribution in [0.2, 0.25) is 0 Å². The maximum Gasteiger partial charge on any atom is 1.00 e. The normalized spacial score (nSPS) is 37.9. The molecule has 6 heteroatoms. The molecule has 0 amide bonds. The molecule has 0 radical (unpaired) electrons. The van der Waals surface area contributed by atoms with E-state index < -0.39 is 9.90 Å². The summed E-state index contributed by atoms with van der Waals surface area (Å²) in [5.41, 5.74) is 0. The van der Waals surface area contributed by atoms with Crippen LogP contribution in [0.5, 0.6) is 0 Å². The maximum absolute atomic E-state index is 10.5. The molecular formula is C3H5NaO3S2. The van der Waals surface area contributed by atoms with Gasteiger partial charge in [0.1, 0.15) is 0 Å². The largest absolute Gasteiger partial charge is 1.00 e. The Bertz CT molecular complexity index is 105. The molecule has 0 aliphatic carbocycles. The first kappa shape index (κ1) is 10.3. The van der Waals surface area contributed by atoms with E-state index in [1.54, 1.807) is 0 Å². The Morgan fingerprint density at radius 3 is 2.78 bits per heavy atom. The van der Waals surface area contributed by atoms with Crippen molar-refractivity contribution in [2.45, 2.75) is 0 Å². The van der Waals surface area contributed by atoms with Crippen LogP contribution in [0, 0.1) is 0 Å². The van der Waals surface area contributed by atoms with Crippen molar-refractivity contribution in [2.24, 2.45) is 0 Å². The van der Waals surface area contributed by atoms with E-state index in [4.69, 9.17) is 0 Å². The van der Waals surface area contributed by atoms with E-state index in [1.165, 1.54) is 6.08 Å². The van der Waals surface area contributed by atoms with Gasteiger partial charge in [0, 0.05) is 9.90 Å². The summed E-state index contributed by atoms with van der Waals surface area (Å²) in [6.07, 6.45) is 1.52. The van der Waals surface area contributed by atoms with E-state index in [-0.39, 0.29) is 36.2 Å². The van der Waals surface area contributed by atoms with Crippen LogP contribution in [0.3, 0.4) is 0 Å². The smallest absolute Gasteiger partial charge is 0.762 e. The van der Waals surface area contributed by atoms with E-state index in [0.717, 1.165) is 11.1 Å². The molecule has 1 saturated heterocycles. The molecule has 1 rings (SSSR count). The van der Waals surface area contributed by atoms with E-state index in [0.29, 0.717) is 0 Å². The van der Waals surface area contributed by atoms with Gasteiger partial charge in [-0.15, -0.1) is 6.58 Å². The monoisotopic (exact) mass is 176 g/mol. The van der Waals surface area contributed by atoms with Gasteiger partial charge >= 0.3 is 29.6 Å². The minimum absolute atomic E-state index is 0. The summed E-state index contributed by atoms with van der Waals surface area (Å²) < 4.78 is 19.5. The molecule has 0 bridgehead atoms. The van der Waals surface area contributed by atoms with Crippen molar-refractivity contribution >= 4 is 21.0 Å². The quantitative estimate of drug-likeness (QED) is 0.173. The first-order valence-corrected chi connectivity index (χ1v) is 4.61. The van der Waals surface area contributed by atoms with Crippen molar-refractivity contribution < 1.29 is 41.9 Å². The fourth-order valence-electron chi connectivity index (χ4n) is 0.193. The summed E-state index contributed by atoms with van der Waals surface area (Å²) in [4.78, 5) is 0. The average Bonchev–Trinajstić information content (AvgIpc) is 2.45. The number of hydrogen-bond acceptors (Lipinski definition) is 4. The van der Waals surface area contributed by atoms with Gasteiger partial charge in [0.15, 0.2) is 0 Å². The molecule has 1 unspecified atom stereocenters. The minimum Gasteiger partial charge on any atom is -0.762 e. The third kappa shape index (κ3) is 3.90. The summed E-state index contributed by atoms with van der Waals surface area (Å²) in [5, 5.41) is 0. The van der Waals surface area contributed by atoms with Crippen LogP contribution in [-0.2, 0) is 7.81 Å². The fraction of sp³-hybridized carbons (Fsp3) is 0.333. The summed E-state index contributed by atoms with van der Waals surface area (Å²) >= 11 is 0.868. The predicted octanol–water partition coefficient (Wildman–Crippen LogP) is -1.45. The van der Waals surface area contributed by atoms with Gasteiger partial charge in [-0.25, -0.2) is 3.63 Å². The van der Waals surface area contributed by atoms with Crippen LogP contribution < -0.4 is 29.6 Å². The van der Waals surface area contributed by atoms with Gasteiger partial charge in [0.05, 0.1) is 17.7 Å². The molecule has 0 aromatic carbocycles. The van der Waals surface area contributed by atoms with Crippen LogP contribution in [0.4, 0.5) is 0 Å². The van der Waals surface area contributed by atoms with Gasteiger partial charge in [-0.05, 0) is 0 Å². The molecule has 0 aromatic heterocycles. The van der Waals surface area contributed by atoms with Gasteiger partial charge in [0.2, 0.25) is 0 Å². The zero-order valence-electron chi connectivity index (χ0n) is 5.03. The number of rotatable bonds is 3. The average molecular weight is 176 g/mol. The molecule has 1 atom stereocenters. The summed E-state index contributed by atoms with van der Waals surface area (Å²) in [6.45, 7) is 3.66. The van der Waals surface area contributed by atoms with Crippen LogP contribution >= 0.6 is 21.0 Å². The SMILES string of the molecule is C=CCOS1([O-])OS1.[Na+]. The van der Waals surface area contributed by atoms with Crippen LogP contribution in [-0.4, -0.2) is 11.2 Å². The second kappa shape index (κ2) is 4.25. The van der Waals surface area contributed by atoms with Crippen molar-refractivity contribution in [2.75, 3.05) is 6.61 Å². The standard InChI is InChI=1S/C3H6O3S2.Na/c1-2-3-5-8(4)6-7-8;/h2,4H,1,3H2;/q;+1/p-1. The molecule has 9 heavy (non-hydrogen) atoms. The Balaban J connectivity index is 0.000000640. The molecule has 3 nitrogen and oxygen atoms in total. The van der Waals surface area contributed by atoms with Crippen LogP contribution in [0.25, 0.3) is 0 Å². The molecular weight excluding hydrogens is 171 g/mol. The minimum atomic E-state index is -2.34.